The van der Waals surface area contributed by atoms with Crippen LogP contribution in [-0.2, 0) is 41.8 Å². The summed E-state index contributed by atoms with van der Waals surface area (Å²) in [5.41, 5.74) is 0. The minimum absolute atomic E-state index is 0.0189. The van der Waals surface area contributed by atoms with Gasteiger partial charge in [-0.05, 0) is 90.4 Å². The number of phosphoric acid groups is 2. The van der Waals surface area contributed by atoms with Gasteiger partial charge in [0.2, 0.25) is 0 Å². The molecule has 1 fully saturated rings. The second-order valence-corrected chi connectivity index (χ2v) is 19.3. The predicted molar refractivity (Wildman–Crippen MR) is 252 cm³/mol. The fourth-order valence-electron chi connectivity index (χ4n) is 6.85. The molecule has 0 aromatic carbocycles. The predicted octanol–water partition coefficient (Wildman–Crippen LogP) is 8.03. The monoisotopic (exact) mass is 981 g/mol. The lowest BCUT2D eigenvalue weighted by Crippen LogP contribution is -2.64. The number of carbonyl (C=O) groups is 2. The van der Waals surface area contributed by atoms with E-state index in [0.717, 1.165) is 89.9 Å². The number of rotatable bonds is 39. The molecule has 17 nitrogen and oxygen atoms in total. The second-order valence-electron chi connectivity index (χ2n) is 16.8. The summed E-state index contributed by atoms with van der Waals surface area (Å²) in [5.74, 6) is -1.30. The fourth-order valence-corrected chi connectivity index (χ4v) is 8.39. The third kappa shape index (κ3) is 32.4. The van der Waals surface area contributed by atoms with E-state index in [1.807, 2.05) is 18.2 Å². The number of hydrogen-bond acceptors (Lipinski definition) is 14. The zero-order valence-corrected chi connectivity index (χ0v) is 41.0. The Hall–Kier alpha value is -2.34. The van der Waals surface area contributed by atoms with Crippen molar-refractivity contribution in [2.45, 2.75) is 210 Å². The van der Waals surface area contributed by atoms with Crippen LogP contribution >= 0.6 is 15.6 Å². The van der Waals surface area contributed by atoms with Crippen molar-refractivity contribution in [2.24, 2.45) is 0 Å². The lowest BCUT2D eigenvalue weighted by atomic mass is 9.85. The van der Waals surface area contributed by atoms with Crippen LogP contribution in [-0.4, -0.2) is 114 Å². The molecular weight excluding hydrogens is 898 g/mol. The molecule has 1 saturated carbocycles. The Labute approximate surface area is 392 Å². The molecule has 0 amide bonds. The van der Waals surface area contributed by atoms with Gasteiger partial charge in [0, 0.05) is 12.8 Å². The van der Waals surface area contributed by atoms with Gasteiger partial charge in [0.25, 0.3) is 0 Å². The highest BCUT2D eigenvalue weighted by atomic mass is 31.2. The first-order chi connectivity index (χ1) is 31.5. The molecule has 0 aliphatic heterocycles. The van der Waals surface area contributed by atoms with E-state index in [2.05, 4.69) is 54.0 Å². The molecule has 66 heavy (non-hydrogen) atoms. The van der Waals surface area contributed by atoms with Crippen molar-refractivity contribution in [2.75, 3.05) is 13.2 Å². The Morgan fingerprint density at radius 2 is 1.00 bits per heavy atom. The first-order valence-electron chi connectivity index (χ1n) is 23.9. The van der Waals surface area contributed by atoms with E-state index >= 15 is 0 Å². The Morgan fingerprint density at radius 1 is 0.545 bits per heavy atom. The van der Waals surface area contributed by atoms with Gasteiger partial charge in [-0.15, -0.1) is 0 Å². The smallest absolute Gasteiger partial charge is 0.462 e. The van der Waals surface area contributed by atoms with Crippen LogP contribution in [0.4, 0.5) is 0 Å². The molecule has 0 spiro atoms. The van der Waals surface area contributed by atoms with Gasteiger partial charge in [-0.1, -0.05) is 119 Å². The van der Waals surface area contributed by atoms with E-state index in [-0.39, 0.29) is 18.9 Å². The normalized spacial score (nSPS) is 22.5. The van der Waals surface area contributed by atoms with Crippen molar-refractivity contribution >= 4 is 27.6 Å². The molecule has 9 atom stereocenters. The van der Waals surface area contributed by atoms with E-state index in [0.29, 0.717) is 19.3 Å². The highest BCUT2D eigenvalue weighted by Crippen LogP contribution is 2.49. The van der Waals surface area contributed by atoms with Crippen molar-refractivity contribution in [1.29, 1.82) is 0 Å². The highest BCUT2D eigenvalue weighted by Gasteiger charge is 2.54. The van der Waals surface area contributed by atoms with Gasteiger partial charge in [-0.3, -0.25) is 23.2 Å². The van der Waals surface area contributed by atoms with Crippen molar-refractivity contribution in [3.8, 4) is 0 Å². The Balaban J connectivity index is 2.63. The number of unbranched alkanes of at least 4 members (excludes halogenated alkanes) is 13. The quantitative estimate of drug-likeness (QED) is 0.0125. The zero-order chi connectivity index (χ0) is 49.1. The molecule has 19 heteroatoms. The maximum absolute atomic E-state index is 13.0. The van der Waals surface area contributed by atoms with Crippen LogP contribution in [0.1, 0.15) is 162 Å². The molecule has 5 unspecified atom stereocenters. The maximum Gasteiger partial charge on any atom is 0.472 e. The molecule has 0 heterocycles. The minimum atomic E-state index is -5.37. The van der Waals surface area contributed by atoms with Gasteiger partial charge in [-0.25, -0.2) is 9.13 Å². The van der Waals surface area contributed by atoms with Gasteiger partial charge < -0.3 is 49.7 Å². The highest BCUT2D eigenvalue weighted by molar-refractivity contribution is 7.47. The van der Waals surface area contributed by atoms with Gasteiger partial charge in [-0.2, -0.15) is 0 Å². The number of ether oxygens (including phenoxy) is 2. The van der Waals surface area contributed by atoms with E-state index in [1.165, 1.54) is 25.7 Å². The van der Waals surface area contributed by atoms with E-state index in [1.54, 1.807) is 6.92 Å². The summed E-state index contributed by atoms with van der Waals surface area (Å²) in [6.07, 6.45) is 26.0. The number of esters is 2. The van der Waals surface area contributed by atoms with Gasteiger partial charge in [0.15, 0.2) is 6.10 Å². The van der Waals surface area contributed by atoms with Crippen LogP contribution in [0, 0.1) is 0 Å². The number of allylic oxidation sites excluding steroid dienone is 10. The summed E-state index contributed by atoms with van der Waals surface area (Å²) in [5, 5.41) is 50.5. The van der Waals surface area contributed by atoms with E-state index in [4.69, 9.17) is 18.5 Å². The third-order valence-corrected chi connectivity index (χ3v) is 12.1. The number of hydrogen-bond donors (Lipinski definition) is 8. The van der Waals surface area contributed by atoms with Crippen LogP contribution in [0.2, 0.25) is 0 Å². The third-order valence-electron chi connectivity index (χ3n) is 10.6. The molecule has 0 radical (unpaired) electrons. The summed E-state index contributed by atoms with van der Waals surface area (Å²) in [6.45, 7) is 2.59. The molecule has 0 aromatic rings. The number of carbonyl (C=O) groups excluding carboxylic acids is 2. The molecule has 0 aromatic heterocycles. The summed E-state index contributed by atoms with van der Waals surface area (Å²) >= 11 is 0. The van der Waals surface area contributed by atoms with Crippen molar-refractivity contribution in [3.05, 3.63) is 60.8 Å². The van der Waals surface area contributed by atoms with Gasteiger partial charge in [0.1, 0.15) is 43.2 Å². The molecule has 1 aliphatic carbocycles. The average Bonchev–Trinajstić information content (AvgIpc) is 3.26. The summed E-state index contributed by atoms with van der Waals surface area (Å²) in [4.78, 5) is 54.3. The van der Waals surface area contributed by atoms with Crippen molar-refractivity contribution in [3.63, 3.8) is 0 Å². The largest absolute Gasteiger partial charge is 0.472 e. The van der Waals surface area contributed by atoms with Crippen LogP contribution in [0.15, 0.2) is 60.8 Å². The van der Waals surface area contributed by atoms with Crippen LogP contribution in [0.25, 0.3) is 0 Å². The lowest BCUT2D eigenvalue weighted by molar-refractivity contribution is -0.216. The summed E-state index contributed by atoms with van der Waals surface area (Å²) < 4.78 is 49.3. The minimum Gasteiger partial charge on any atom is -0.462 e. The molecule has 0 bridgehead atoms. The zero-order valence-electron chi connectivity index (χ0n) is 39.2. The number of phosphoric ester groups is 2. The SMILES string of the molecule is CCCCCC/C=C\CCCCCCCCCC(=O)O[C@H](COC(=O)CCC/C=C\C/C=C\C/C=C\C/C=C\CCC[C@@H](C)O)COP(=O)(O)O[C@H]1C(O)C(O)C(O)[C@@H](OP(=O)(O)O)C1O. The van der Waals surface area contributed by atoms with Gasteiger partial charge in [0.05, 0.1) is 12.7 Å². The topological polar surface area (TPSA) is 276 Å². The molecule has 0 saturated heterocycles. The Bertz CT molecular complexity index is 1530. The van der Waals surface area contributed by atoms with Crippen molar-refractivity contribution < 1.29 is 82.0 Å². The number of aliphatic hydroxyl groups is 5. The summed E-state index contributed by atoms with van der Waals surface area (Å²) in [7, 11) is -10.7. The molecule has 1 aliphatic rings. The molecule has 8 N–H and O–H groups in total. The van der Waals surface area contributed by atoms with Crippen molar-refractivity contribution in [1.82, 2.24) is 0 Å². The first kappa shape index (κ1) is 61.7. The standard InChI is InChI=1S/C47H82O17P2/c1-3-4-5-6-7-8-9-10-12-17-20-23-26-29-32-35-41(50)62-39(37-61-66(58,59)64-47-44(53)42(51)43(52)46(45(47)54)63-65(55,56)57)36-60-40(49)34-31-28-25-22-19-16-14-11-13-15-18-21-24-27-30-33-38(2)48/h8-9,13-16,21-22,24-25,38-39,42-48,51-54H,3-7,10-12,17-20,23,26-37H2,1-2H3,(H,58,59)(H2,55,56,57)/b9-8-,15-13-,16-14-,24-21-,25-22-/t38-,39-,42?,43?,44?,45?,46-,47+/m1/s1. The number of aliphatic hydroxyl groups excluding tert-OH is 5. The molecule has 1 rings (SSSR count). The van der Waals surface area contributed by atoms with E-state index in [9.17, 15) is 58.9 Å². The average molecular weight is 981 g/mol. The first-order valence-corrected chi connectivity index (χ1v) is 26.9. The van der Waals surface area contributed by atoms with Gasteiger partial charge >= 0.3 is 27.6 Å². The maximum atomic E-state index is 13.0. The Morgan fingerprint density at radius 3 is 1.55 bits per heavy atom. The van der Waals surface area contributed by atoms with E-state index < -0.39 is 83.5 Å². The Kier molecular flexibility index (Phi) is 35.1. The fraction of sp³-hybridized carbons (Fsp3) is 0.745. The molecular formula is C47H82O17P2. The van der Waals surface area contributed by atoms with Crippen LogP contribution < -0.4 is 0 Å². The lowest BCUT2D eigenvalue weighted by Gasteiger charge is -2.43. The van der Waals surface area contributed by atoms with Crippen LogP contribution in [0.5, 0.6) is 0 Å². The molecule has 382 valence electrons. The summed E-state index contributed by atoms with van der Waals surface area (Å²) in [6, 6.07) is 0. The second kappa shape index (κ2) is 37.5. The van der Waals surface area contributed by atoms with Crippen LogP contribution in [0.3, 0.4) is 0 Å².